The summed E-state index contributed by atoms with van der Waals surface area (Å²) in [5.41, 5.74) is 0. The smallest absolute Gasteiger partial charge is 0.135 e. The van der Waals surface area contributed by atoms with E-state index in [9.17, 15) is 4.79 Å². The highest BCUT2D eigenvalue weighted by molar-refractivity contribution is 5.81. The van der Waals surface area contributed by atoms with Crippen molar-refractivity contribution in [2.24, 2.45) is 5.92 Å². The lowest BCUT2D eigenvalue weighted by atomic mass is 9.84. The number of aliphatic hydroxyl groups excluding tert-OH is 2. The van der Waals surface area contributed by atoms with E-state index in [0.717, 1.165) is 25.7 Å². The average Bonchev–Trinajstić information content (AvgIpc) is 2.16. The van der Waals surface area contributed by atoms with Crippen molar-refractivity contribution < 1.29 is 15.0 Å². The van der Waals surface area contributed by atoms with Gasteiger partial charge in [0.15, 0.2) is 0 Å². The maximum Gasteiger partial charge on any atom is 0.135 e. The molecule has 1 unspecified atom stereocenters. The van der Waals surface area contributed by atoms with E-state index in [4.69, 9.17) is 10.2 Å². The largest absolute Gasteiger partial charge is 0.394 e. The van der Waals surface area contributed by atoms with Gasteiger partial charge in [-0.3, -0.25) is 4.79 Å². The molecule has 1 rings (SSSR count). The van der Waals surface area contributed by atoms with Crippen LogP contribution >= 0.6 is 0 Å². The molecule has 0 aromatic heterocycles. The zero-order valence-electron chi connectivity index (χ0n) is 7.91. The Labute approximate surface area is 78.8 Å². The summed E-state index contributed by atoms with van der Waals surface area (Å²) in [6.45, 7) is -0.194. The van der Waals surface area contributed by atoms with Crippen molar-refractivity contribution in [2.45, 2.75) is 44.6 Å². The third kappa shape index (κ3) is 3.44. The summed E-state index contributed by atoms with van der Waals surface area (Å²) >= 11 is 0. The molecule has 3 heteroatoms. The van der Waals surface area contributed by atoms with Crippen LogP contribution in [0.5, 0.6) is 0 Å². The monoisotopic (exact) mass is 186 g/mol. The van der Waals surface area contributed by atoms with Gasteiger partial charge in [-0.15, -0.1) is 0 Å². The van der Waals surface area contributed by atoms with Crippen molar-refractivity contribution in [3.05, 3.63) is 0 Å². The third-order valence-corrected chi connectivity index (χ3v) is 2.74. The van der Waals surface area contributed by atoms with Crippen molar-refractivity contribution >= 4 is 5.78 Å². The number of ketones is 1. The van der Waals surface area contributed by atoms with Crippen molar-refractivity contribution in [2.75, 3.05) is 6.61 Å². The number of Topliss-reactive ketones (excluding diaryl/α,β-unsaturated/α-hetero) is 1. The maximum absolute atomic E-state index is 11.4. The van der Waals surface area contributed by atoms with Gasteiger partial charge in [0.05, 0.1) is 12.7 Å². The lowest BCUT2D eigenvalue weighted by Crippen LogP contribution is -2.21. The van der Waals surface area contributed by atoms with Gasteiger partial charge < -0.3 is 10.2 Å². The zero-order chi connectivity index (χ0) is 9.68. The van der Waals surface area contributed by atoms with E-state index >= 15 is 0 Å². The summed E-state index contributed by atoms with van der Waals surface area (Å²) in [5, 5.41) is 17.7. The van der Waals surface area contributed by atoms with E-state index in [1.807, 2.05) is 0 Å². The number of carbonyl (C=O) groups is 1. The molecular weight excluding hydrogens is 168 g/mol. The summed E-state index contributed by atoms with van der Waals surface area (Å²) in [7, 11) is 0. The summed E-state index contributed by atoms with van der Waals surface area (Å²) < 4.78 is 0. The van der Waals surface area contributed by atoms with Crippen LogP contribution in [0.3, 0.4) is 0 Å². The second-order valence-corrected chi connectivity index (χ2v) is 3.82. The van der Waals surface area contributed by atoms with Gasteiger partial charge in [-0.2, -0.15) is 0 Å². The van der Waals surface area contributed by atoms with E-state index in [1.165, 1.54) is 0 Å². The molecule has 1 saturated carbocycles. The normalized spacial score (nSPS) is 26.0. The fraction of sp³-hybridized carbons (Fsp3) is 0.900. The average molecular weight is 186 g/mol. The molecule has 0 aromatic rings. The topological polar surface area (TPSA) is 57.5 Å². The van der Waals surface area contributed by atoms with Crippen LogP contribution in [-0.4, -0.2) is 28.7 Å². The van der Waals surface area contributed by atoms with Gasteiger partial charge in [-0.1, -0.05) is 6.42 Å². The first-order chi connectivity index (χ1) is 6.24. The molecule has 76 valence electrons. The van der Waals surface area contributed by atoms with Gasteiger partial charge >= 0.3 is 0 Å². The first-order valence-corrected chi connectivity index (χ1v) is 5.05. The first kappa shape index (κ1) is 10.7. The predicted molar refractivity (Wildman–Crippen MR) is 49.3 cm³/mol. The minimum atomic E-state index is -0.644. The minimum absolute atomic E-state index is 0.148. The molecule has 0 saturated heterocycles. The van der Waals surface area contributed by atoms with E-state index < -0.39 is 6.10 Å². The molecule has 0 aromatic carbocycles. The Morgan fingerprint density at radius 3 is 2.85 bits per heavy atom. The molecule has 2 atom stereocenters. The van der Waals surface area contributed by atoms with E-state index in [-0.39, 0.29) is 12.5 Å². The molecule has 3 nitrogen and oxygen atoms in total. The highest BCUT2D eigenvalue weighted by Crippen LogP contribution is 2.24. The number of hydrogen-bond acceptors (Lipinski definition) is 3. The van der Waals surface area contributed by atoms with Gasteiger partial charge in [0.2, 0.25) is 0 Å². The van der Waals surface area contributed by atoms with Crippen LogP contribution in [0.1, 0.15) is 38.5 Å². The Bertz CT molecular complexity index is 168. The molecule has 1 fully saturated rings. The summed E-state index contributed by atoms with van der Waals surface area (Å²) in [6.07, 6.45) is 4.48. The Balaban J connectivity index is 2.22. The summed E-state index contributed by atoms with van der Waals surface area (Å²) in [6, 6.07) is 0. The maximum atomic E-state index is 11.4. The molecule has 0 amide bonds. The highest BCUT2D eigenvalue weighted by atomic mass is 16.3. The van der Waals surface area contributed by atoms with Crippen LogP contribution in [0.15, 0.2) is 0 Å². The van der Waals surface area contributed by atoms with E-state index in [1.54, 1.807) is 0 Å². The summed E-state index contributed by atoms with van der Waals surface area (Å²) in [5.74, 6) is 0.492. The first-order valence-electron chi connectivity index (χ1n) is 5.05. The van der Waals surface area contributed by atoms with Crippen molar-refractivity contribution in [1.82, 2.24) is 0 Å². The van der Waals surface area contributed by atoms with Crippen LogP contribution in [0.25, 0.3) is 0 Å². The minimum Gasteiger partial charge on any atom is -0.394 e. The SMILES string of the molecule is O=C1CCCCC1CC[C@H](O)CO. The van der Waals surface area contributed by atoms with Gasteiger partial charge in [-0.25, -0.2) is 0 Å². The van der Waals surface area contributed by atoms with Gasteiger partial charge in [0.25, 0.3) is 0 Å². The molecule has 0 bridgehead atoms. The van der Waals surface area contributed by atoms with Crippen LogP contribution in [0.2, 0.25) is 0 Å². The molecule has 1 aliphatic rings. The quantitative estimate of drug-likeness (QED) is 0.685. The number of rotatable bonds is 4. The fourth-order valence-corrected chi connectivity index (χ4v) is 1.85. The second kappa shape index (κ2) is 5.35. The summed E-state index contributed by atoms with van der Waals surface area (Å²) in [4.78, 5) is 11.4. The van der Waals surface area contributed by atoms with Crippen molar-refractivity contribution in [1.29, 1.82) is 0 Å². The van der Waals surface area contributed by atoms with Crippen molar-refractivity contribution in [3.8, 4) is 0 Å². The van der Waals surface area contributed by atoms with Gasteiger partial charge in [0.1, 0.15) is 5.78 Å². The van der Waals surface area contributed by atoms with Gasteiger partial charge in [0, 0.05) is 12.3 Å². The standard InChI is InChI=1S/C10H18O3/c11-7-9(12)6-5-8-3-1-2-4-10(8)13/h8-9,11-12H,1-7H2/t8?,9-/m0/s1. The number of carbonyl (C=O) groups excluding carboxylic acids is 1. The second-order valence-electron chi connectivity index (χ2n) is 3.82. The van der Waals surface area contributed by atoms with Crippen molar-refractivity contribution in [3.63, 3.8) is 0 Å². The Hall–Kier alpha value is -0.410. The van der Waals surface area contributed by atoms with Crippen LogP contribution < -0.4 is 0 Å². The van der Waals surface area contributed by atoms with Crippen LogP contribution in [0, 0.1) is 5.92 Å². The van der Waals surface area contributed by atoms with Crippen LogP contribution in [-0.2, 0) is 4.79 Å². The Morgan fingerprint density at radius 1 is 1.46 bits per heavy atom. The molecule has 0 heterocycles. The Kier molecular flexibility index (Phi) is 4.39. The molecule has 0 spiro atoms. The predicted octanol–water partition coefficient (Wildman–Crippen LogP) is 0.879. The highest BCUT2D eigenvalue weighted by Gasteiger charge is 2.22. The number of aliphatic hydroxyl groups is 2. The molecular formula is C10H18O3. The van der Waals surface area contributed by atoms with E-state index in [0.29, 0.717) is 18.6 Å². The molecule has 13 heavy (non-hydrogen) atoms. The zero-order valence-corrected chi connectivity index (χ0v) is 7.91. The fourth-order valence-electron chi connectivity index (χ4n) is 1.85. The molecule has 1 aliphatic carbocycles. The third-order valence-electron chi connectivity index (χ3n) is 2.74. The molecule has 2 N–H and O–H groups in total. The lowest BCUT2D eigenvalue weighted by Gasteiger charge is -2.20. The Morgan fingerprint density at radius 2 is 2.23 bits per heavy atom. The molecule has 0 aliphatic heterocycles. The van der Waals surface area contributed by atoms with Crippen LogP contribution in [0.4, 0.5) is 0 Å². The van der Waals surface area contributed by atoms with Gasteiger partial charge in [-0.05, 0) is 25.7 Å². The van der Waals surface area contributed by atoms with E-state index in [2.05, 4.69) is 0 Å². The lowest BCUT2D eigenvalue weighted by molar-refractivity contribution is -0.125. The number of hydrogen-bond donors (Lipinski definition) is 2. The molecule has 0 radical (unpaired) electrons.